The number of nitro benzene ring substituents is 1. The first-order chi connectivity index (χ1) is 9.51. The highest BCUT2D eigenvalue weighted by Crippen LogP contribution is 2.39. The van der Waals surface area contributed by atoms with Crippen LogP contribution >= 0.6 is 31.9 Å². The van der Waals surface area contributed by atoms with Crippen molar-refractivity contribution in [1.82, 2.24) is 9.97 Å². The van der Waals surface area contributed by atoms with Crippen LogP contribution in [0.4, 0.5) is 11.6 Å². The van der Waals surface area contributed by atoms with Gasteiger partial charge in [0.25, 0.3) is 5.69 Å². The summed E-state index contributed by atoms with van der Waals surface area (Å²) < 4.78 is 6.50. The topological polar surface area (TPSA) is 90.2 Å². The molecule has 0 saturated carbocycles. The molecule has 0 aliphatic carbocycles. The van der Waals surface area contributed by atoms with E-state index in [-0.39, 0.29) is 5.69 Å². The van der Waals surface area contributed by atoms with E-state index in [1.807, 2.05) is 0 Å². The van der Waals surface area contributed by atoms with E-state index >= 15 is 0 Å². The van der Waals surface area contributed by atoms with Crippen LogP contribution in [0.2, 0.25) is 0 Å². The average Bonchev–Trinajstić information content (AvgIpc) is 2.42. The lowest BCUT2D eigenvalue weighted by molar-refractivity contribution is -0.385. The molecular weight excluding hydrogens is 396 g/mol. The largest absolute Gasteiger partial charge is 0.436 e. The lowest BCUT2D eigenvalue weighted by Crippen LogP contribution is -1.98. The Bertz CT molecular complexity index is 643. The Morgan fingerprint density at radius 2 is 2.00 bits per heavy atom. The van der Waals surface area contributed by atoms with Crippen LogP contribution in [0.3, 0.4) is 0 Å². The lowest BCUT2D eigenvalue weighted by Gasteiger charge is -2.09. The number of non-ortho nitro benzene ring substituents is 1. The Morgan fingerprint density at radius 1 is 1.35 bits per heavy atom. The average molecular weight is 404 g/mol. The third-order valence-electron chi connectivity index (χ3n) is 2.25. The van der Waals surface area contributed by atoms with Crippen molar-refractivity contribution in [3.05, 3.63) is 43.5 Å². The van der Waals surface area contributed by atoms with Gasteiger partial charge in [-0.05, 0) is 31.9 Å². The second-order valence-corrected chi connectivity index (χ2v) is 5.27. The molecule has 0 amide bonds. The highest BCUT2D eigenvalue weighted by molar-refractivity contribution is 9.11. The van der Waals surface area contributed by atoms with Crippen molar-refractivity contribution < 1.29 is 9.66 Å². The van der Waals surface area contributed by atoms with E-state index in [0.29, 0.717) is 26.5 Å². The van der Waals surface area contributed by atoms with Crippen LogP contribution in [-0.2, 0) is 0 Å². The van der Waals surface area contributed by atoms with Crippen LogP contribution in [0, 0.1) is 10.1 Å². The number of hydrogen-bond acceptors (Lipinski definition) is 6. The molecule has 0 spiro atoms. The summed E-state index contributed by atoms with van der Waals surface area (Å²) in [6, 6.07) is 4.31. The summed E-state index contributed by atoms with van der Waals surface area (Å²) in [5.41, 5.74) is -0.0466. The Hall–Kier alpha value is -1.74. The second kappa shape index (κ2) is 6.14. The van der Waals surface area contributed by atoms with E-state index in [2.05, 4.69) is 47.1 Å². The number of halogens is 2. The van der Waals surface area contributed by atoms with Gasteiger partial charge in [0.1, 0.15) is 0 Å². The molecule has 2 rings (SSSR count). The fourth-order valence-corrected chi connectivity index (χ4v) is 2.70. The fraction of sp³-hybridized carbons (Fsp3) is 0.0909. The summed E-state index contributed by atoms with van der Waals surface area (Å²) in [6.07, 6.45) is 1.54. The molecule has 1 heterocycles. The summed E-state index contributed by atoms with van der Waals surface area (Å²) in [5, 5.41) is 13.5. The smallest absolute Gasteiger partial charge is 0.271 e. The van der Waals surface area contributed by atoms with Crippen molar-refractivity contribution in [1.29, 1.82) is 0 Å². The van der Waals surface area contributed by atoms with Crippen molar-refractivity contribution >= 4 is 43.5 Å². The highest BCUT2D eigenvalue weighted by atomic mass is 79.9. The van der Waals surface area contributed by atoms with Crippen LogP contribution in [0.15, 0.2) is 33.3 Å². The van der Waals surface area contributed by atoms with Crippen molar-refractivity contribution in [2.75, 3.05) is 12.4 Å². The van der Waals surface area contributed by atoms with Gasteiger partial charge in [-0.25, -0.2) is 4.98 Å². The summed E-state index contributed by atoms with van der Waals surface area (Å²) in [7, 11) is 1.69. The number of rotatable bonds is 4. The van der Waals surface area contributed by atoms with Crippen LogP contribution in [0.25, 0.3) is 0 Å². The standard InChI is InChI=1S/C11H8Br2N4O3/c1-14-11-15-3-2-9(16-11)20-10-7(12)4-6(17(18)19)5-8(10)13/h2-5H,1H3,(H,14,15,16). The zero-order valence-corrected chi connectivity index (χ0v) is 13.3. The Kier molecular flexibility index (Phi) is 4.50. The molecule has 0 aliphatic rings. The van der Waals surface area contributed by atoms with Gasteiger partial charge in [0.05, 0.1) is 13.9 Å². The monoisotopic (exact) mass is 402 g/mol. The van der Waals surface area contributed by atoms with Gasteiger partial charge in [0.2, 0.25) is 11.8 Å². The van der Waals surface area contributed by atoms with Crippen molar-refractivity contribution in [3.63, 3.8) is 0 Å². The fourth-order valence-electron chi connectivity index (χ4n) is 1.37. The number of aromatic nitrogens is 2. The van der Waals surface area contributed by atoms with Crippen molar-refractivity contribution in [3.8, 4) is 11.6 Å². The normalized spacial score (nSPS) is 10.2. The molecule has 0 radical (unpaired) electrons. The first-order valence-electron chi connectivity index (χ1n) is 5.33. The second-order valence-electron chi connectivity index (χ2n) is 3.57. The van der Waals surface area contributed by atoms with Gasteiger partial charge < -0.3 is 10.1 Å². The first-order valence-corrected chi connectivity index (χ1v) is 6.92. The number of hydrogen-bond donors (Lipinski definition) is 1. The molecule has 0 unspecified atom stereocenters. The van der Waals surface area contributed by atoms with Gasteiger partial charge >= 0.3 is 0 Å². The molecule has 2 aromatic rings. The van der Waals surface area contributed by atoms with Crippen LogP contribution in [-0.4, -0.2) is 21.9 Å². The molecule has 0 fully saturated rings. The van der Waals surface area contributed by atoms with E-state index in [9.17, 15) is 10.1 Å². The minimum atomic E-state index is -0.483. The van der Waals surface area contributed by atoms with Crippen LogP contribution in [0.5, 0.6) is 11.6 Å². The molecule has 20 heavy (non-hydrogen) atoms. The molecule has 7 nitrogen and oxygen atoms in total. The summed E-state index contributed by atoms with van der Waals surface area (Å²) in [5.74, 6) is 1.13. The first kappa shape index (κ1) is 14.7. The van der Waals surface area contributed by atoms with Gasteiger partial charge in [0.15, 0.2) is 5.75 Å². The van der Waals surface area contributed by atoms with E-state index in [1.54, 1.807) is 19.3 Å². The minimum Gasteiger partial charge on any atom is -0.436 e. The molecule has 9 heteroatoms. The third-order valence-corrected chi connectivity index (χ3v) is 3.43. The SMILES string of the molecule is CNc1nccc(Oc2c(Br)cc([N+](=O)[O-])cc2Br)n1. The predicted molar refractivity (Wildman–Crippen MR) is 80.1 cm³/mol. The molecule has 1 aromatic carbocycles. The Morgan fingerprint density at radius 3 is 2.55 bits per heavy atom. The number of nitrogens with one attached hydrogen (secondary N) is 1. The molecule has 1 aromatic heterocycles. The highest BCUT2D eigenvalue weighted by Gasteiger charge is 2.16. The third kappa shape index (κ3) is 3.23. The zero-order chi connectivity index (χ0) is 14.7. The quantitative estimate of drug-likeness (QED) is 0.617. The molecule has 1 N–H and O–H groups in total. The number of anilines is 1. The number of nitrogens with zero attached hydrogens (tertiary/aromatic N) is 3. The van der Waals surface area contributed by atoms with E-state index in [0.717, 1.165) is 0 Å². The van der Waals surface area contributed by atoms with Gasteiger partial charge in [-0.15, -0.1) is 0 Å². The predicted octanol–water partition coefficient (Wildman–Crippen LogP) is 3.74. The summed E-state index contributed by atoms with van der Waals surface area (Å²) in [6.45, 7) is 0. The van der Waals surface area contributed by atoms with Gasteiger partial charge in [-0.1, -0.05) is 0 Å². The molecule has 0 bridgehead atoms. The number of benzene rings is 1. The van der Waals surface area contributed by atoms with Crippen molar-refractivity contribution in [2.24, 2.45) is 0 Å². The van der Waals surface area contributed by atoms with Gasteiger partial charge in [0, 0.05) is 31.4 Å². The maximum absolute atomic E-state index is 10.8. The Labute approximate surface area is 130 Å². The maximum Gasteiger partial charge on any atom is 0.271 e. The van der Waals surface area contributed by atoms with E-state index in [4.69, 9.17) is 4.74 Å². The zero-order valence-electron chi connectivity index (χ0n) is 10.1. The molecular formula is C11H8Br2N4O3. The molecule has 0 aliphatic heterocycles. The summed E-state index contributed by atoms with van der Waals surface area (Å²) >= 11 is 6.48. The van der Waals surface area contributed by atoms with E-state index < -0.39 is 4.92 Å². The molecule has 104 valence electrons. The number of ether oxygens (including phenoxy) is 1. The van der Waals surface area contributed by atoms with E-state index in [1.165, 1.54) is 12.1 Å². The lowest BCUT2D eigenvalue weighted by atomic mass is 10.3. The van der Waals surface area contributed by atoms with Gasteiger partial charge in [-0.3, -0.25) is 10.1 Å². The van der Waals surface area contributed by atoms with Crippen LogP contribution < -0.4 is 10.1 Å². The summed E-state index contributed by atoms with van der Waals surface area (Å²) in [4.78, 5) is 18.3. The van der Waals surface area contributed by atoms with Crippen molar-refractivity contribution in [2.45, 2.75) is 0 Å². The minimum absolute atomic E-state index is 0.0466. The Balaban J connectivity index is 2.36. The molecule has 0 atom stereocenters. The van der Waals surface area contributed by atoms with Gasteiger partial charge in [-0.2, -0.15) is 4.98 Å². The van der Waals surface area contributed by atoms with Crippen LogP contribution in [0.1, 0.15) is 0 Å². The molecule has 0 saturated heterocycles. The maximum atomic E-state index is 10.8. The number of nitro groups is 1.